The predicted octanol–water partition coefficient (Wildman–Crippen LogP) is 2.39. The molecule has 94 valence electrons. The fraction of sp³-hybridized carbons (Fsp3) is 0.133. The number of fused-ring (bicyclic) bond motifs is 1. The molecule has 0 saturated heterocycles. The Morgan fingerprint density at radius 2 is 2.16 bits per heavy atom. The van der Waals surface area contributed by atoms with Crippen LogP contribution in [0.1, 0.15) is 16.1 Å². The number of aryl methyl sites for hydroxylation is 1. The molecule has 0 radical (unpaired) electrons. The molecule has 4 heteroatoms. The van der Waals surface area contributed by atoms with Crippen LogP contribution in [0.5, 0.6) is 0 Å². The zero-order valence-corrected chi connectivity index (χ0v) is 10.6. The van der Waals surface area contributed by atoms with Crippen molar-refractivity contribution in [2.75, 3.05) is 0 Å². The number of carbonyl (C=O) groups is 1. The predicted molar refractivity (Wildman–Crippen MR) is 73.0 cm³/mol. The Kier molecular flexibility index (Phi) is 2.83. The molecule has 0 aliphatic carbocycles. The van der Waals surface area contributed by atoms with Gasteiger partial charge in [0.15, 0.2) is 5.78 Å². The number of ketones is 1. The molecule has 0 N–H and O–H groups in total. The van der Waals surface area contributed by atoms with Gasteiger partial charge in [-0.05, 0) is 30.3 Å². The molecule has 0 spiro atoms. The highest BCUT2D eigenvalue weighted by Gasteiger charge is 2.09. The van der Waals surface area contributed by atoms with Crippen LogP contribution >= 0.6 is 0 Å². The molecule has 4 nitrogen and oxygen atoms in total. The molecule has 3 aromatic rings. The van der Waals surface area contributed by atoms with Gasteiger partial charge in [0.1, 0.15) is 0 Å². The van der Waals surface area contributed by atoms with Crippen LogP contribution in [-0.4, -0.2) is 20.5 Å². The second-order valence-electron chi connectivity index (χ2n) is 4.49. The van der Waals surface area contributed by atoms with Crippen molar-refractivity contribution in [3.63, 3.8) is 0 Å². The van der Waals surface area contributed by atoms with Gasteiger partial charge in [-0.3, -0.25) is 14.5 Å². The average Bonchev–Trinajstić information content (AvgIpc) is 2.83. The maximum Gasteiger partial charge on any atom is 0.168 e. The highest BCUT2D eigenvalue weighted by molar-refractivity contribution is 6.00. The van der Waals surface area contributed by atoms with Crippen molar-refractivity contribution >= 4 is 16.7 Å². The van der Waals surface area contributed by atoms with Crippen LogP contribution in [0.4, 0.5) is 0 Å². The van der Waals surface area contributed by atoms with Crippen molar-refractivity contribution in [3.8, 4) is 0 Å². The Morgan fingerprint density at radius 3 is 2.95 bits per heavy atom. The molecule has 3 rings (SSSR count). The number of benzene rings is 1. The summed E-state index contributed by atoms with van der Waals surface area (Å²) in [5, 5.41) is 5.20. The number of carbonyl (C=O) groups excluding carboxylic acids is 1. The minimum absolute atomic E-state index is 0.0736. The molecule has 19 heavy (non-hydrogen) atoms. The van der Waals surface area contributed by atoms with Gasteiger partial charge < -0.3 is 0 Å². The van der Waals surface area contributed by atoms with Crippen LogP contribution in [-0.2, 0) is 13.5 Å². The largest absolute Gasteiger partial charge is 0.294 e. The van der Waals surface area contributed by atoms with Gasteiger partial charge in [0.05, 0.1) is 17.6 Å². The zero-order valence-electron chi connectivity index (χ0n) is 10.6. The Balaban J connectivity index is 1.89. The van der Waals surface area contributed by atoms with Crippen molar-refractivity contribution in [1.82, 2.24) is 14.8 Å². The Morgan fingerprint density at radius 1 is 1.26 bits per heavy atom. The summed E-state index contributed by atoms with van der Waals surface area (Å²) < 4.78 is 1.70. The first kappa shape index (κ1) is 11.6. The van der Waals surface area contributed by atoms with E-state index in [1.54, 1.807) is 10.9 Å². The van der Waals surface area contributed by atoms with E-state index >= 15 is 0 Å². The van der Waals surface area contributed by atoms with Crippen molar-refractivity contribution < 1.29 is 4.79 Å². The highest BCUT2D eigenvalue weighted by atomic mass is 16.1. The van der Waals surface area contributed by atoms with Crippen molar-refractivity contribution in [2.45, 2.75) is 6.42 Å². The third kappa shape index (κ3) is 2.38. The first-order valence-electron chi connectivity index (χ1n) is 6.09. The van der Waals surface area contributed by atoms with Crippen molar-refractivity contribution in [2.24, 2.45) is 7.05 Å². The molecular formula is C15H13N3O. The van der Waals surface area contributed by atoms with E-state index in [0.29, 0.717) is 12.0 Å². The number of nitrogens with zero attached hydrogens (tertiary/aromatic N) is 3. The van der Waals surface area contributed by atoms with Gasteiger partial charge in [-0.1, -0.05) is 6.07 Å². The summed E-state index contributed by atoms with van der Waals surface area (Å²) in [6.45, 7) is 0. The number of rotatable bonds is 3. The minimum atomic E-state index is 0.0736. The van der Waals surface area contributed by atoms with E-state index in [9.17, 15) is 4.79 Å². The molecule has 0 aliphatic heterocycles. The van der Waals surface area contributed by atoms with Gasteiger partial charge in [0.2, 0.25) is 0 Å². The van der Waals surface area contributed by atoms with E-state index < -0.39 is 0 Å². The van der Waals surface area contributed by atoms with Gasteiger partial charge >= 0.3 is 0 Å². The van der Waals surface area contributed by atoms with Gasteiger partial charge in [-0.15, -0.1) is 0 Å². The average molecular weight is 251 g/mol. The summed E-state index contributed by atoms with van der Waals surface area (Å²) >= 11 is 0. The van der Waals surface area contributed by atoms with Crippen LogP contribution in [0.3, 0.4) is 0 Å². The maximum atomic E-state index is 12.2. The molecule has 0 atom stereocenters. The summed E-state index contributed by atoms with van der Waals surface area (Å²) in [4.78, 5) is 16.4. The van der Waals surface area contributed by atoms with Crippen LogP contribution < -0.4 is 0 Å². The quantitative estimate of drug-likeness (QED) is 0.671. The van der Waals surface area contributed by atoms with E-state index in [0.717, 1.165) is 16.6 Å². The molecule has 1 aromatic carbocycles. The smallest absolute Gasteiger partial charge is 0.168 e. The summed E-state index contributed by atoms with van der Waals surface area (Å²) in [5.74, 6) is 0.0736. The summed E-state index contributed by atoms with van der Waals surface area (Å²) in [6, 6.07) is 11.3. The molecule has 0 bridgehead atoms. The molecule has 0 saturated carbocycles. The maximum absolute atomic E-state index is 12.2. The van der Waals surface area contributed by atoms with E-state index in [2.05, 4.69) is 10.1 Å². The van der Waals surface area contributed by atoms with Gasteiger partial charge in [0, 0.05) is 30.4 Å². The minimum Gasteiger partial charge on any atom is -0.294 e. The van der Waals surface area contributed by atoms with Crippen molar-refractivity contribution in [1.29, 1.82) is 0 Å². The molecule has 2 heterocycles. The number of pyridine rings is 1. The fourth-order valence-electron chi connectivity index (χ4n) is 2.07. The third-order valence-corrected chi connectivity index (χ3v) is 3.04. The van der Waals surface area contributed by atoms with Gasteiger partial charge in [-0.2, -0.15) is 5.10 Å². The van der Waals surface area contributed by atoms with Crippen molar-refractivity contribution in [3.05, 3.63) is 60.0 Å². The third-order valence-electron chi connectivity index (χ3n) is 3.04. The monoisotopic (exact) mass is 251 g/mol. The first-order valence-corrected chi connectivity index (χ1v) is 6.09. The number of hydrogen-bond acceptors (Lipinski definition) is 3. The molecular weight excluding hydrogens is 238 g/mol. The number of Topliss-reactive ketones (excluding diaryl/α,β-unsaturated/α-hetero) is 1. The number of aromatic nitrogens is 3. The zero-order chi connectivity index (χ0) is 13.2. The Bertz CT molecular complexity index is 746. The molecule has 0 unspecified atom stereocenters. The molecule has 0 fully saturated rings. The summed E-state index contributed by atoms with van der Waals surface area (Å²) in [7, 11) is 1.84. The SMILES string of the molecule is Cn1ccc(CC(=O)c2ccc3ncccc3c2)n1. The summed E-state index contributed by atoms with van der Waals surface area (Å²) in [6.07, 6.45) is 3.91. The fourth-order valence-corrected chi connectivity index (χ4v) is 2.07. The second-order valence-corrected chi connectivity index (χ2v) is 4.49. The van der Waals surface area contributed by atoms with E-state index in [1.165, 1.54) is 0 Å². The summed E-state index contributed by atoms with van der Waals surface area (Å²) in [5.41, 5.74) is 2.39. The molecule has 2 aromatic heterocycles. The Labute approximate surface area is 110 Å². The molecule has 0 amide bonds. The lowest BCUT2D eigenvalue weighted by atomic mass is 10.0. The normalized spacial score (nSPS) is 10.8. The van der Waals surface area contributed by atoms with E-state index in [4.69, 9.17) is 0 Å². The number of hydrogen-bond donors (Lipinski definition) is 0. The topological polar surface area (TPSA) is 47.8 Å². The van der Waals surface area contributed by atoms with Crippen LogP contribution in [0.2, 0.25) is 0 Å². The Hall–Kier alpha value is -2.49. The van der Waals surface area contributed by atoms with E-state index in [-0.39, 0.29) is 5.78 Å². The van der Waals surface area contributed by atoms with Gasteiger partial charge in [0.25, 0.3) is 0 Å². The second kappa shape index (κ2) is 4.65. The van der Waals surface area contributed by atoms with Gasteiger partial charge in [-0.25, -0.2) is 0 Å². The lowest BCUT2D eigenvalue weighted by molar-refractivity contribution is 0.0992. The van der Waals surface area contributed by atoms with E-state index in [1.807, 2.05) is 49.6 Å². The lowest BCUT2D eigenvalue weighted by Crippen LogP contribution is -2.04. The highest BCUT2D eigenvalue weighted by Crippen LogP contribution is 2.15. The van der Waals surface area contributed by atoms with Crippen LogP contribution in [0.15, 0.2) is 48.8 Å². The first-order chi connectivity index (χ1) is 9.22. The molecule has 0 aliphatic rings. The van der Waals surface area contributed by atoms with Crippen LogP contribution in [0, 0.1) is 0 Å². The lowest BCUT2D eigenvalue weighted by Gasteiger charge is -2.01. The van der Waals surface area contributed by atoms with Crippen LogP contribution in [0.25, 0.3) is 10.9 Å². The standard InChI is InChI=1S/C15H13N3O/c1-18-8-6-13(17-18)10-15(19)12-4-5-14-11(9-12)3-2-7-16-14/h2-9H,10H2,1H3.